The molecule has 1 aromatic carbocycles. The lowest BCUT2D eigenvalue weighted by molar-refractivity contribution is -0.118. The summed E-state index contributed by atoms with van der Waals surface area (Å²) in [5.74, 6) is -1.47. The van der Waals surface area contributed by atoms with Gasteiger partial charge in [-0.2, -0.15) is 5.10 Å². The quantitative estimate of drug-likeness (QED) is 0.324. The highest BCUT2D eigenvalue weighted by atomic mass is 16.3. The fraction of sp³-hybridized carbons (Fsp3) is 0.118. The fourth-order valence-electron chi connectivity index (χ4n) is 2.37. The lowest BCUT2D eigenvalue weighted by atomic mass is 10.1. The number of rotatable bonds is 6. The topological polar surface area (TPSA) is 173 Å². The smallest absolute Gasteiger partial charge is 0.325 e. The van der Waals surface area contributed by atoms with E-state index in [9.17, 15) is 24.3 Å². The van der Waals surface area contributed by atoms with Gasteiger partial charge < -0.3 is 20.7 Å². The number of anilines is 1. The van der Waals surface area contributed by atoms with E-state index in [0.717, 1.165) is 11.8 Å². The minimum absolute atomic E-state index is 0.193. The number of nitrogens with zero attached hydrogens (tertiary/aromatic N) is 1. The van der Waals surface area contributed by atoms with Crippen molar-refractivity contribution in [3.05, 3.63) is 69.0 Å². The van der Waals surface area contributed by atoms with Gasteiger partial charge in [0.2, 0.25) is 0 Å². The van der Waals surface area contributed by atoms with Crippen LogP contribution in [0.3, 0.4) is 0 Å². The maximum Gasteiger partial charge on any atom is 0.325 e. The van der Waals surface area contributed by atoms with E-state index in [1.54, 1.807) is 6.07 Å². The summed E-state index contributed by atoms with van der Waals surface area (Å²) in [5, 5.41) is 20.8. The fourth-order valence-corrected chi connectivity index (χ4v) is 2.37. The highest BCUT2D eigenvalue weighted by Gasteiger charge is 2.23. The first-order valence-corrected chi connectivity index (χ1v) is 8.13. The second-order valence-electron chi connectivity index (χ2n) is 5.72. The molecule has 11 nitrogen and oxygen atoms in total. The molecule has 2 amide bonds. The van der Waals surface area contributed by atoms with Crippen molar-refractivity contribution in [2.75, 3.05) is 11.9 Å². The molecule has 3 aromatic rings. The van der Waals surface area contributed by atoms with Gasteiger partial charge in [-0.15, -0.1) is 0 Å². The van der Waals surface area contributed by atoms with Gasteiger partial charge in [-0.3, -0.25) is 24.5 Å². The molecule has 3 rings (SSSR count). The maximum absolute atomic E-state index is 12.3. The van der Waals surface area contributed by atoms with Crippen molar-refractivity contribution in [2.45, 2.75) is 6.04 Å². The number of aliphatic hydroxyl groups is 1. The first-order valence-electron chi connectivity index (χ1n) is 8.13. The molecule has 0 radical (unpaired) electrons. The largest absolute Gasteiger partial charge is 0.394 e. The van der Waals surface area contributed by atoms with Gasteiger partial charge >= 0.3 is 5.69 Å². The molecule has 6 N–H and O–H groups in total. The molecule has 0 bridgehead atoms. The van der Waals surface area contributed by atoms with E-state index in [1.807, 2.05) is 35.3 Å². The summed E-state index contributed by atoms with van der Waals surface area (Å²) in [5.41, 5.74) is -0.569. The number of amides is 2. The zero-order valence-corrected chi connectivity index (χ0v) is 14.4. The predicted molar refractivity (Wildman–Crippen MR) is 98.7 cm³/mol. The summed E-state index contributed by atoms with van der Waals surface area (Å²) in [6, 6.07) is 9.54. The summed E-state index contributed by atoms with van der Waals surface area (Å²) in [4.78, 5) is 51.1. The monoisotopic (exact) mass is 384 g/mol. The third-order valence-electron chi connectivity index (χ3n) is 3.78. The number of H-pyrrole nitrogens is 3. The Morgan fingerprint density at radius 1 is 1.18 bits per heavy atom. The predicted octanol–water partition coefficient (Wildman–Crippen LogP) is -0.817. The number of hydrogen-bond donors (Lipinski definition) is 6. The number of aliphatic hydroxyl groups excluding tert-OH is 1. The van der Waals surface area contributed by atoms with Crippen LogP contribution in [0.5, 0.6) is 0 Å². The average Bonchev–Trinajstić information content (AvgIpc) is 3.15. The second-order valence-corrected chi connectivity index (χ2v) is 5.72. The van der Waals surface area contributed by atoms with Crippen LogP contribution >= 0.6 is 0 Å². The van der Waals surface area contributed by atoms with Gasteiger partial charge in [0.1, 0.15) is 11.6 Å². The van der Waals surface area contributed by atoms with E-state index in [4.69, 9.17) is 0 Å². The molecular formula is C17H16N6O5. The number of aromatic amines is 3. The Hall–Kier alpha value is -3.99. The van der Waals surface area contributed by atoms with Crippen LogP contribution in [0.2, 0.25) is 0 Å². The standard InChI is InChI=1S/C17H16N6O5/c24-8-12(19-14(25)10-7-18-17(28)21-15(10)26)16(27)20-13-6-11(22-23-13)9-4-2-1-3-5-9/h1-7,12,24H,8H2,(H,19,25)(H2,18,21,26,28)(H2,20,22,23,27). The number of carbonyl (C=O) groups excluding carboxylic acids is 2. The van der Waals surface area contributed by atoms with Gasteiger partial charge in [-0.05, 0) is 5.56 Å². The van der Waals surface area contributed by atoms with Crippen molar-refractivity contribution in [3.8, 4) is 11.3 Å². The normalized spacial score (nSPS) is 11.6. The molecule has 2 aromatic heterocycles. The third kappa shape index (κ3) is 4.22. The van der Waals surface area contributed by atoms with E-state index in [0.29, 0.717) is 5.69 Å². The molecule has 0 saturated heterocycles. The molecule has 1 unspecified atom stereocenters. The maximum atomic E-state index is 12.3. The van der Waals surface area contributed by atoms with E-state index in [2.05, 4.69) is 25.8 Å². The van der Waals surface area contributed by atoms with Crippen molar-refractivity contribution in [1.82, 2.24) is 25.5 Å². The number of carbonyl (C=O) groups is 2. The summed E-state index contributed by atoms with van der Waals surface area (Å²) < 4.78 is 0. The lowest BCUT2D eigenvalue weighted by Crippen LogP contribution is -2.47. The number of nitrogens with one attached hydrogen (secondary N) is 5. The number of aromatic nitrogens is 4. The van der Waals surface area contributed by atoms with E-state index in [1.165, 1.54) is 0 Å². The first kappa shape index (κ1) is 18.8. The van der Waals surface area contributed by atoms with Crippen molar-refractivity contribution in [2.24, 2.45) is 0 Å². The minimum Gasteiger partial charge on any atom is -0.394 e. The Morgan fingerprint density at radius 3 is 2.61 bits per heavy atom. The van der Waals surface area contributed by atoms with E-state index in [-0.39, 0.29) is 5.82 Å². The molecule has 1 atom stereocenters. The molecule has 2 heterocycles. The van der Waals surface area contributed by atoms with Gasteiger partial charge in [0.15, 0.2) is 5.82 Å². The SMILES string of the molecule is O=C(NC(CO)C(=O)Nc1cc(-c2ccccc2)[nH]n1)c1c[nH]c(=O)[nH]c1=O. The summed E-state index contributed by atoms with van der Waals surface area (Å²) in [6.07, 6.45) is 0.919. The molecule has 11 heteroatoms. The van der Waals surface area contributed by atoms with Crippen molar-refractivity contribution < 1.29 is 14.7 Å². The van der Waals surface area contributed by atoms with Crippen LogP contribution in [0, 0.1) is 0 Å². The van der Waals surface area contributed by atoms with Crippen LogP contribution in [-0.4, -0.2) is 49.7 Å². The van der Waals surface area contributed by atoms with Gasteiger partial charge in [0.05, 0.1) is 12.3 Å². The Morgan fingerprint density at radius 2 is 1.93 bits per heavy atom. The van der Waals surface area contributed by atoms with Gasteiger partial charge in [0.25, 0.3) is 17.4 Å². The molecule has 0 aliphatic rings. The molecule has 0 spiro atoms. The van der Waals surface area contributed by atoms with Crippen molar-refractivity contribution >= 4 is 17.6 Å². The number of benzene rings is 1. The Balaban J connectivity index is 1.68. The van der Waals surface area contributed by atoms with Gasteiger partial charge in [-0.25, -0.2) is 4.79 Å². The number of hydrogen-bond acceptors (Lipinski definition) is 6. The molecule has 144 valence electrons. The van der Waals surface area contributed by atoms with Gasteiger partial charge in [0, 0.05) is 12.3 Å². The highest BCUT2D eigenvalue weighted by Crippen LogP contribution is 2.19. The highest BCUT2D eigenvalue weighted by molar-refractivity contribution is 6.00. The van der Waals surface area contributed by atoms with E-state index < -0.39 is 41.3 Å². The molecule has 0 fully saturated rings. The summed E-state index contributed by atoms with van der Waals surface area (Å²) in [6.45, 7) is -0.713. The van der Waals surface area contributed by atoms with Crippen molar-refractivity contribution in [1.29, 1.82) is 0 Å². The van der Waals surface area contributed by atoms with Crippen LogP contribution in [0.4, 0.5) is 5.82 Å². The zero-order chi connectivity index (χ0) is 20.1. The van der Waals surface area contributed by atoms with Gasteiger partial charge in [-0.1, -0.05) is 30.3 Å². The Bertz CT molecular complexity index is 1100. The van der Waals surface area contributed by atoms with Crippen LogP contribution < -0.4 is 21.9 Å². The van der Waals surface area contributed by atoms with Crippen LogP contribution in [0.15, 0.2) is 52.2 Å². The first-order chi connectivity index (χ1) is 13.5. The van der Waals surface area contributed by atoms with E-state index >= 15 is 0 Å². The third-order valence-corrected chi connectivity index (χ3v) is 3.78. The minimum atomic E-state index is -1.34. The second kappa shape index (κ2) is 8.14. The molecular weight excluding hydrogens is 368 g/mol. The zero-order valence-electron chi connectivity index (χ0n) is 14.4. The van der Waals surface area contributed by atoms with Crippen LogP contribution in [0.25, 0.3) is 11.3 Å². The van der Waals surface area contributed by atoms with Crippen LogP contribution in [0.1, 0.15) is 10.4 Å². The average molecular weight is 384 g/mol. The summed E-state index contributed by atoms with van der Waals surface area (Å²) in [7, 11) is 0. The lowest BCUT2D eigenvalue weighted by Gasteiger charge is -2.14. The Kier molecular flexibility index (Phi) is 5.46. The molecule has 28 heavy (non-hydrogen) atoms. The molecule has 0 aliphatic heterocycles. The summed E-state index contributed by atoms with van der Waals surface area (Å²) >= 11 is 0. The Labute approximate surface area is 156 Å². The molecule has 0 saturated carbocycles. The molecule has 0 aliphatic carbocycles. The van der Waals surface area contributed by atoms with Crippen molar-refractivity contribution in [3.63, 3.8) is 0 Å². The van der Waals surface area contributed by atoms with Crippen LogP contribution in [-0.2, 0) is 4.79 Å².